The van der Waals surface area contributed by atoms with Crippen molar-refractivity contribution >= 4 is 27.5 Å². The molecule has 2 rings (SSSR count). The van der Waals surface area contributed by atoms with Gasteiger partial charge in [0, 0.05) is 17.6 Å². The Morgan fingerprint density at radius 2 is 1.64 bits per heavy atom. The minimum absolute atomic E-state index is 0.0752. The molecular weight excluding hydrogens is 502 g/mol. The number of halogens is 4. The molecule has 1 N–H and O–H groups in total. The number of nitrogens with zero attached hydrogens (tertiary/aromatic N) is 2. The number of hydrogen-bond donors (Lipinski definition) is 1. The summed E-state index contributed by atoms with van der Waals surface area (Å²) in [7, 11) is -4.22. The van der Waals surface area contributed by atoms with Crippen LogP contribution in [0.3, 0.4) is 0 Å². The van der Waals surface area contributed by atoms with Crippen LogP contribution in [0, 0.1) is 5.82 Å². The maximum absolute atomic E-state index is 14.4. The lowest BCUT2D eigenvalue weighted by atomic mass is 10.1. The topological polar surface area (TPSA) is 86.8 Å². The Morgan fingerprint density at radius 3 is 2.17 bits per heavy atom. The lowest BCUT2D eigenvalue weighted by molar-refractivity contribution is -0.140. The molecule has 2 aromatic carbocycles. The summed E-state index contributed by atoms with van der Waals surface area (Å²) in [6, 6.07) is 7.94. The van der Waals surface area contributed by atoms with Crippen LogP contribution in [-0.2, 0) is 32.3 Å². The van der Waals surface area contributed by atoms with Crippen molar-refractivity contribution in [2.24, 2.45) is 0 Å². The molecule has 0 aromatic heterocycles. The van der Waals surface area contributed by atoms with Gasteiger partial charge in [0.15, 0.2) is 0 Å². The van der Waals surface area contributed by atoms with Gasteiger partial charge in [0.2, 0.25) is 21.8 Å². The molecule has 0 radical (unpaired) electrons. The average molecular weight is 532 g/mol. The molecule has 0 aliphatic rings. The first-order valence-electron chi connectivity index (χ1n) is 10.9. The molecule has 1 atom stereocenters. The quantitative estimate of drug-likeness (QED) is 0.523. The zero-order valence-electron chi connectivity index (χ0n) is 20.6. The van der Waals surface area contributed by atoms with E-state index < -0.39 is 57.5 Å². The molecule has 36 heavy (non-hydrogen) atoms. The van der Waals surface area contributed by atoms with Gasteiger partial charge in [0.1, 0.15) is 18.4 Å². The van der Waals surface area contributed by atoms with Gasteiger partial charge in [-0.05, 0) is 52.0 Å². The lowest BCUT2D eigenvalue weighted by Crippen LogP contribution is -2.54. The summed E-state index contributed by atoms with van der Waals surface area (Å²) in [5.74, 6) is -2.12. The van der Waals surface area contributed by atoms with Gasteiger partial charge in [-0.3, -0.25) is 13.9 Å². The largest absolute Gasteiger partial charge is 0.416 e. The molecular formula is C24H29F4N3O4S. The molecule has 0 spiro atoms. The van der Waals surface area contributed by atoms with Gasteiger partial charge < -0.3 is 10.2 Å². The molecule has 0 saturated carbocycles. The Labute approximate surface area is 208 Å². The number of benzene rings is 2. The van der Waals surface area contributed by atoms with Crippen molar-refractivity contribution in [2.45, 2.75) is 52.0 Å². The Balaban J connectivity index is 2.47. The van der Waals surface area contributed by atoms with Crippen molar-refractivity contribution in [1.82, 2.24) is 10.2 Å². The van der Waals surface area contributed by atoms with Gasteiger partial charge in [-0.1, -0.05) is 24.3 Å². The first kappa shape index (κ1) is 29.1. The number of rotatable bonds is 8. The van der Waals surface area contributed by atoms with Crippen molar-refractivity contribution in [3.63, 3.8) is 0 Å². The van der Waals surface area contributed by atoms with Crippen molar-refractivity contribution in [3.8, 4) is 0 Å². The van der Waals surface area contributed by atoms with E-state index in [9.17, 15) is 35.6 Å². The number of alkyl halides is 3. The third kappa shape index (κ3) is 7.94. The van der Waals surface area contributed by atoms with Crippen molar-refractivity contribution < 1.29 is 35.6 Å². The highest BCUT2D eigenvalue weighted by Crippen LogP contribution is 2.32. The van der Waals surface area contributed by atoms with Gasteiger partial charge in [-0.2, -0.15) is 13.2 Å². The van der Waals surface area contributed by atoms with Crippen LogP contribution in [0.25, 0.3) is 0 Å². The Bertz CT molecular complexity index is 1210. The highest BCUT2D eigenvalue weighted by Gasteiger charge is 2.34. The molecule has 2 amide bonds. The second-order valence-corrected chi connectivity index (χ2v) is 11.3. The monoisotopic (exact) mass is 531 g/mol. The first-order valence-corrected chi connectivity index (χ1v) is 12.7. The zero-order valence-corrected chi connectivity index (χ0v) is 21.4. The molecule has 2 aromatic rings. The summed E-state index contributed by atoms with van der Waals surface area (Å²) < 4.78 is 79.5. The van der Waals surface area contributed by atoms with Gasteiger partial charge in [0.05, 0.1) is 17.5 Å². The van der Waals surface area contributed by atoms with Gasteiger partial charge in [-0.25, -0.2) is 12.8 Å². The number of amides is 2. The smallest absolute Gasteiger partial charge is 0.350 e. The molecule has 0 aliphatic carbocycles. The van der Waals surface area contributed by atoms with E-state index in [1.54, 1.807) is 20.8 Å². The molecule has 0 unspecified atom stereocenters. The minimum Gasteiger partial charge on any atom is -0.350 e. The van der Waals surface area contributed by atoms with E-state index in [1.807, 2.05) is 0 Å². The van der Waals surface area contributed by atoms with Crippen molar-refractivity contribution in [3.05, 3.63) is 65.5 Å². The fourth-order valence-electron chi connectivity index (χ4n) is 3.32. The van der Waals surface area contributed by atoms with Gasteiger partial charge in [-0.15, -0.1) is 0 Å². The molecule has 0 aliphatic heterocycles. The van der Waals surface area contributed by atoms with Crippen molar-refractivity contribution in [1.29, 1.82) is 0 Å². The average Bonchev–Trinajstić information content (AvgIpc) is 2.73. The molecule has 0 bridgehead atoms. The Kier molecular flexibility index (Phi) is 8.77. The normalized spacial score (nSPS) is 13.1. The van der Waals surface area contributed by atoms with Crippen molar-refractivity contribution in [2.75, 3.05) is 17.1 Å². The highest BCUT2D eigenvalue weighted by atomic mass is 32.2. The molecule has 0 saturated heterocycles. The summed E-state index contributed by atoms with van der Waals surface area (Å²) in [6.07, 6.45) is -3.99. The zero-order chi connectivity index (χ0) is 27.5. The number of sulfonamides is 1. The molecule has 12 heteroatoms. The minimum atomic E-state index is -4.74. The Morgan fingerprint density at radius 1 is 1.03 bits per heavy atom. The van der Waals surface area contributed by atoms with Crippen LogP contribution >= 0.6 is 0 Å². The summed E-state index contributed by atoms with van der Waals surface area (Å²) >= 11 is 0. The van der Waals surface area contributed by atoms with E-state index in [-0.39, 0.29) is 17.8 Å². The second kappa shape index (κ2) is 10.9. The summed E-state index contributed by atoms with van der Waals surface area (Å²) in [6.45, 7) is 5.29. The number of nitrogens with one attached hydrogen (secondary N) is 1. The molecule has 7 nitrogen and oxygen atoms in total. The highest BCUT2D eigenvalue weighted by molar-refractivity contribution is 7.92. The predicted octanol–water partition coefficient (Wildman–Crippen LogP) is 3.94. The first-order chi connectivity index (χ1) is 16.4. The van der Waals surface area contributed by atoms with E-state index in [2.05, 4.69) is 5.32 Å². The van der Waals surface area contributed by atoms with Crippen LogP contribution in [0.2, 0.25) is 0 Å². The fourth-order valence-corrected chi connectivity index (χ4v) is 4.16. The van der Waals surface area contributed by atoms with Crippen LogP contribution in [-0.4, -0.2) is 49.5 Å². The van der Waals surface area contributed by atoms with E-state index in [0.717, 1.165) is 29.4 Å². The third-order valence-corrected chi connectivity index (χ3v) is 6.25. The maximum Gasteiger partial charge on any atom is 0.416 e. The van der Waals surface area contributed by atoms with Crippen LogP contribution in [0.1, 0.15) is 38.8 Å². The number of hydrogen-bond acceptors (Lipinski definition) is 4. The van der Waals surface area contributed by atoms with Gasteiger partial charge >= 0.3 is 6.18 Å². The van der Waals surface area contributed by atoms with E-state index in [1.165, 1.54) is 31.2 Å². The van der Waals surface area contributed by atoms with Crippen LogP contribution in [0.5, 0.6) is 0 Å². The van der Waals surface area contributed by atoms with E-state index >= 15 is 0 Å². The lowest BCUT2D eigenvalue weighted by Gasteiger charge is -2.33. The summed E-state index contributed by atoms with van der Waals surface area (Å²) in [4.78, 5) is 27.2. The summed E-state index contributed by atoms with van der Waals surface area (Å²) in [5.41, 5.74) is -2.05. The predicted molar refractivity (Wildman–Crippen MR) is 128 cm³/mol. The van der Waals surface area contributed by atoms with Crippen LogP contribution in [0.4, 0.5) is 23.2 Å². The van der Waals surface area contributed by atoms with Crippen LogP contribution in [0.15, 0.2) is 48.5 Å². The second-order valence-electron chi connectivity index (χ2n) is 9.35. The molecule has 0 heterocycles. The fraction of sp³-hybridized carbons (Fsp3) is 0.417. The molecule has 198 valence electrons. The number of carbonyl (C=O) groups is 2. The van der Waals surface area contributed by atoms with E-state index in [0.29, 0.717) is 10.4 Å². The number of anilines is 1. The van der Waals surface area contributed by atoms with E-state index in [4.69, 9.17) is 0 Å². The standard InChI is InChI=1S/C24H29F4N3O4S/c1-16(22(33)29-23(2,3)4)30(14-17-9-6-7-12-20(17)25)21(32)15-31(36(5,34)35)19-11-8-10-18(13-19)24(26,27)28/h6-13,16H,14-15H2,1-5H3,(H,29,33)/t16-/m0/s1. The SMILES string of the molecule is C[C@@H](C(=O)NC(C)(C)C)N(Cc1ccccc1F)C(=O)CN(c1cccc(C(F)(F)F)c1)S(C)(=O)=O. The van der Waals surface area contributed by atoms with Crippen LogP contribution < -0.4 is 9.62 Å². The maximum atomic E-state index is 14.4. The summed E-state index contributed by atoms with van der Waals surface area (Å²) in [5, 5.41) is 2.71. The number of carbonyl (C=O) groups excluding carboxylic acids is 2. The third-order valence-electron chi connectivity index (χ3n) is 5.10. The molecule has 0 fully saturated rings. The van der Waals surface area contributed by atoms with Gasteiger partial charge in [0.25, 0.3) is 0 Å². The Hall–Kier alpha value is -3.15.